The molecule has 0 spiro atoms. The molecule has 2 atom stereocenters. The zero-order valence-corrected chi connectivity index (χ0v) is 22.9. The summed E-state index contributed by atoms with van der Waals surface area (Å²) in [5.41, 5.74) is 0.657. The molecule has 0 aromatic heterocycles. The Balaban J connectivity index is 1.97. The van der Waals surface area contributed by atoms with Crippen LogP contribution in [0.25, 0.3) is 6.08 Å². The van der Waals surface area contributed by atoms with Gasteiger partial charge < -0.3 is 9.47 Å². The molecular formula is C31H31NO6S. The number of benzene rings is 3. The summed E-state index contributed by atoms with van der Waals surface area (Å²) in [6.07, 6.45) is 3.31. The van der Waals surface area contributed by atoms with Crippen LogP contribution < -0.4 is 0 Å². The molecule has 1 aliphatic rings. The molecule has 4 rings (SSSR count). The van der Waals surface area contributed by atoms with Gasteiger partial charge in [-0.15, -0.1) is 0 Å². The number of ether oxygens (including phenoxy) is 2. The van der Waals surface area contributed by atoms with Crippen molar-refractivity contribution in [2.45, 2.75) is 30.3 Å². The van der Waals surface area contributed by atoms with Gasteiger partial charge in [0.05, 0.1) is 31.2 Å². The van der Waals surface area contributed by atoms with E-state index in [0.29, 0.717) is 11.1 Å². The van der Waals surface area contributed by atoms with Gasteiger partial charge in [0.25, 0.3) is 0 Å². The highest BCUT2D eigenvalue weighted by Gasteiger charge is 2.66. The molecule has 7 nitrogen and oxygen atoms in total. The molecule has 0 unspecified atom stereocenters. The molecule has 1 heterocycles. The number of nitrogens with zero attached hydrogens (tertiary/aromatic N) is 1. The maximum Gasteiger partial charge on any atom is 0.325 e. The Morgan fingerprint density at radius 1 is 0.897 bits per heavy atom. The van der Waals surface area contributed by atoms with Crippen LogP contribution in [0.5, 0.6) is 0 Å². The highest BCUT2D eigenvalue weighted by molar-refractivity contribution is 7.89. The molecule has 1 fully saturated rings. The summed E-state index contributed by atoms with van der Waals surface area (Å²) >= 11 is 0. The zero-order valence-electron chi connectivity index (χ0n) is 22.1. The predicted octanol–water partition coefficient (Wildman–Crippen LogP) is 5.10. The van der Waals surface area contributed by atoms with Crippen molar-refractivity contribution in [2.24, 2.45) is 5.41 Å². The second-order valence-corrected chi connectivity index (χ2v) is 11.3. The van der Waals surface area contributed by atoms with E-state index >= 15 is 0 Å². The predicted molar refractivity (Wildman–Crippen MR) is 149 cm³/mol. The molecule has 8 heteroatoms. The van der Waals surface area contributed by atoms with Crippen molar-refractivity contribution >= 4 is 28.0 Å². The van der Waals surface area contributed by atoms with Gasteiger partial charge >= 0.3 is 11.9 Å². The van der Waals surface area contributed by atoms with Gasteiger partial charge in [-0.25, -0.2) is 8.42 Å². The van der Waals surface area contributed by atoms with Crippen LogP contribution in [0.2, 0.25) is 0 Å². The summed E-state index contributed by atoms with van der Waals surface area (Å²) in [7, 11) is -1.92. The standard InChI is InChI=1S/C31H31NO6S/c1-22-15-19-26(20-16-22)39(35,36)32-27(23(2)17-18-24-11-7-5-8-12-24)21-31(29(33)37-3,30(34)38-4)28(32)25-13-9-6-10-14-25/h5-20,27-28H,2,21H2,1,3-4H3/b18-17+/t27-,28-/m1/s1. The van der Waals surface area contributed by atoms with E-state index in [4.69, 9.17) is 9.47 Å². The lowest BCUT2D eigenvalue weighted by Crippen LogP contribution is -2.47. The monoisotopic (exact) mass is 545 g/mol. The highest BCUT2D eigenvalue weighted by Crippen LogP contribution is 2.55. The second-order valence-electron chi connectivity index (χ2n) is 9.45. The maximum atomic E-state index is 14.4. The molecule has 39 heavy (non-hydrogen) atoms. The van der Waals surface area contributed by atoms with Gasteiger partial charge in [-0.3, -0.25) is 9.59 Å². The molecule has 202 valence electrons. The normalized spacial score (nSPS) is 19.1. The van der Waals surface area contributed by atoms with E-state index < -0.39 is 39.5 Å². The molecule has 0 N–H and O–H groups in total. The van der Waals surface area contributed by atoms with Crippen molar-refractivity contribution in [2.75, 3.05) is 14.2 Å². The van der Waals surface area contributed by atoms with Crippen LogP contribution >= 0.6 is 0 Å². The second kappa shape index (κ2) is 11.4. The van der Waals surface area contributed by atoms with Crippen LogP contribution in [0.4, 0.5) is 0 Å². The van der Waals surface area contributed by atoms with Crippen molar-refractivity contribution in [3.8, 4) is 0 Å². The number of carbonyl (C=O) groups excluding carboxylic acids is 2. The summed E-state index contributed by atoms with van der Waals surface area (Å²) in [6, 6.07) is 22.3. The van der Waals surface area contributed by atoms with E-state index in [0.717, 1.165) is 11.1 Å². The Bertz CT molecular complexity index is 1470. The Labute approximate surface area is 229 Å². The number of hydrogen-bond donors (Lipinski definition) is 0. The van der Waals surface area contributed by atoms with Crippen LogP contribution in [-0.4, -0.2) is 44.9 Å². The van der Waals surface area contributed by atoms with E-state index in [2.05, 4.69) is 6.58 Å². The number of hydrogen-bond acceptors (Lipinski definition) is 6. The number of sulfonamides is 1. The van der Waals surface area contributed by atoms with Gasteiger partial charge in [-0.2, -0.15) is 4.31 Å². The smallest absolute Gasteiger partial charge is 0.325 e. The lowest BCUT2D eigenvalue weighted by Gasteiger charge is -2.34. The lowest BCUT2D eigenvalue weighted by atomic mass is 9.76. The average molecular weight is 546 g/mol. The molecule has 1 saturated heterocycles. The fourth-order valence-corrected chi connectivity index (χ4v) is 6.97. The van der Waals surface area contributed by atoms with Crippen LogP contribution in [-0.2, 0) is 29.1 Å². The van der Waals surface area contributed by atoms with E-state index in [1.807, 2.05) is 43.3 Å². The first kappa shape index (κ1) is 28.0. The van der Waals surface area contributed by atoms with Gasteiger partial charge in [-0.05, 0) is 42.2 Å². The minimum atomic E-state index is -4.26. The Morgan fingerprint density at radius 2 is 1.44 bits per heavy atom. The van der Waals surface area contributed by atoms with Gasteiger partial charge in [-0.1, -0.05) is 97.1 Å². The lowest BCUT2D eigenvalue weighted by molar-refractivity contribution is -0.170. The highest BCUT2D eigenvalue weighted by atomic mass is 32.2. The molecule has 0 amide bonds. The van der Waals surface area contributed by atoms with E-state index in [9.17, 15) is 18.0 Å². The fraction of sp³-hybridized carbons (Fsp3) is 0.226. The third-order valence-electron chi connectivity index (χ3n) is 7.07. The average Bonchev–Trinajstić information content (AvgIpc) is 3.34. The Kier molecular flexibility index (Phi) is 8.18. The van der Waals surface area contributed by atoms with Crippen molar-refractivity contribution in [3.63, 3.8) is 0 Å². The van der Waals surface area contributed by atoms with E-state index in [-0.39, 0.29) is 11.3 Å². The van der Waals surface area contributed by atoms with E-state index in [1.165, 1.54) is 30.7 Å². The summed E-state index contributed by atoms with van der Waals surface area (Å²) in [5, 5.41) is 0. The largest absolute Gasteiger partial charge is 0.468 e. The van der Waals surface area contributed by atoms with Crippen LogP contribution in [0.3, 0.4) is 0 Å². The molecule has 0 bridgehead atoms. The van der Waals surface area contributed by atoms with Gasteiger partial charge in [0.2, 0.25) is 10.0 Å². The molecular weight excluding hydrogens is 514 g/mol. The van der Waals surface area contributed by atoms with Crippen molar-refractivity contribution in [1.29, 1.82) is 0 Å². The number of methoxy groups -OCH3 is 2. The summed E-state index contributed by atoms with van der Waals surface area (Å²) in [6.45, 7) is 6.05. The summed E-state index contributed by atoms with van der Waals surface area (Å²) in [4.78, 5) is 27.1. The molecule has 3 aromatic rings. The SMILES string of the molecule is C=C(/C=C/c1ccccc1)[C@H]1CC(C(=O)OC)(C(=O)OC)[C@@H](c2ccccc2)N1S(=O)(=O)c1ccc(C)cc1. The summed E-state index contributed by atoms with van der Waals surface area (Å²) < 4.78 is 40.3. The minimum absolute atomic E-state index is 0.0319. The number of rotatable bonds is 8. The zero-order chi connectivity index (χ0) is 28.2. The van der Waals surface area contributed by atoms with Gasteiger partial charge in [0.1, 0.15) is 0 Å². The molecule has 1 aliphatic heterocycles. The van der Waals surface area contributed by atoms with Crippen molar-refractivity contribution < 1.29 is 27.5 Å². The third kappa shape index (κ3) is 5.17. The van der Waals surface area contributed by atoms with Gasteiger partial charge in [0, 0.05) is 0 Å². The topological polar surface area (TPSA) is 90.0 Å². The van der Waals surface area contributed by atoms with Crippen LogP contribution in [0.15, 0.2) is 108 Å². The molecule has 0 radical (unpaired) electrons. The van der Waals surface area contributed by atoms with Gasteiger partial charge in [0.15, 0.2) is 5.41 Å². The Morgan fingerprint density at radius 3 is 1.97 bits per heavy atom. The Hall–Kier alpha value is -4.01. The number of carbonyl (C=O) groups is 2. The first-order valence-electron chi connectivity index (χ1n) is 12.4. The first-order valence-corrected chi connectivity index (χ1v) is 13.8. The minimum Gasteiger partial charge on any atom is -0.468 e. The maximum absolute atomic E-state index is 14.4. The first-order chi connectivity index (χ1) is 18.7. The summed E-state index contributed by atoms with van der Waals surface area (Å²) in [5.74, 6) is -1.76. The van der Waals surface area contributed by atoms with Crippen molar-refractivity contribution in [3.05, 3.63) is 120 Å². The van der Waals surface area contributed by atoms with E-state index in [1.54, 1.807) is 48.5 Å². The molecule has 0 aliphatic carbocycles. The van der Waals surface area contributed by atoms with Crippen LogP contribution in [0, 0.1) is 12.3 Å². The van der Waals surface area contributed by atoms with Crippen molar-refractivity contribution in [1.82, 2.24) is 4.31 Å². The third-order valence-corrected chi connectivity index (χ3v) is 8.96. The molecule has 3 aromatic carbocycles. The number of esters is 2. The number of aryl methyl sites for hydroxylation is 1. The molecule has 0 saturated carbocycles. The quantitative estimate of drug-likeness (QED) is 0.222. The van der Waals surface area contributed by atoms with Crippen LogP contribution in [0.1, 0.15) is 29.2 Å². The fourth-order valence-electron chi connectivity index (χ4n) is 5.12.